The molecule has 0 unspecified atom stereocenters. The maximum Gasteiger partial charge on any atom is 0.212 e. The van der Waals surface area contributed by atoms with E-state index in [9.17, 15) is 12.8 Å². The molecule has 10 heteroatoms. The van der Waals surface area contributed by atoms with Gasteiger partial charge in [-0.3, -0.25) is 0 Å². The minimum absolute atomic E-state index is 0.00158. The summed E-state index contributed by atoms with van der Waals surface area (Å²) in [7, 11) is -0.235. The van der Waals surface area contributed by atoms with Crippen molar-refractivity contribution in [3.8, 4) is 17.1 Å². The summed E-state index contributed by atoms with van der Waals surface area (Å²) >= 11 is 0. The summed E-state index contributed by atoms with van der Waals surface area (Å²) in [6.45, 7) is 6.58. The summed E-state index contributed by atoms with van der Waals surface area (Å²) in [6, 6.07) is 12.7. The second-order valence-electron chi connectivity index (χ2n) is 8.35. The molecule has 0 radical (unpaired) electrons. The van der Waals surface area contributed by atoms with Crippen LogP contribution in [0.5, 0.6) is 5.75 Å². The van der Waals surface area contributed by atoms with Gasteiger partial charge in [-0.25, -0.2) is 27.2 Å². The molecule has 0 aliphatic carbocycles. The van der Waals surface area contributed by atoms with Crippen LogP contribution in [-0.4, -0.2) is 60.6 Å². The van der Waals surface area contributed by atoms with Gasteiger partial charge in [0.25, 0.3) is 0 Å². The minimum Gasteiger partial charge on any atom is -0.497 e. The lowest BCUT2D eigenvalue weighted by molar-refractivity contribution is 0.304. The van der Waals surface area contributed by atoms with Gasteiger partial charge in [-0.2, -0.15) is 5.10 Å². The van der Waals surface area contributed by atoms with Crippen LogP contribution >= 0.6 is 0 Å². The largest absolute Gasteiger partial charge is 0.497 e. The van der Waals surface area contributed by atoms with E-state index in [1.807, 2.05) is 24.3 Å². The minimum atomic E-state index is -3.60. The monoisotopic (exact) mass is 503 g/mol. The molecule has 0 amide bonds. The molecule has 0 aliphatic rings. The zero-order valence-electron chi connectivity index (χ0n) is 20.7. The van der Waals surface area contributed by atoms with Gasteiger partial charge in [0.2, 0.25) is 10.0 Å². The molecular formula is C25H34FN5O3S. The van der Waals surface area contributed by atoms with E-state index < -0.39 is 16.1 Å². The fraction of sp³-hybridized carbons (Fsp3) is 0.440. The maximum absolute atomic E-state index is 13.4. The zero-order valence-corrected chi connectivity index (χ0v) is 21.6. The van der Waals surface area contributed by atoms with Gasteiger partial charge in [-0.1, -0.05) is 26.0 Å². The fourth-order valence-corrected chi connectivity index (χ4v) is 5.13. The number of nitrogens with one attached hydrogen (secondary N) is 1. The number of ether oxygens (including phenoxy) is 1. The topological polar surface area (TPSA) is 89.4 Å². The summed E-state index contributed by atoms with van der Waals surface area (Å²) in [5, 5.41) is 4.53. The number of halogens is 1. The van der Waals surface area contributed by atoms with Crippen molar-refractivity contribution in [2.75, 3.05) is 32.5 Å². The van der Waals surface area contributed by atoms with Crippen molar-refractivity contribution < 1.29 is 17.5 Å². The van der Waals surface area contributed by atoms with Crippen LogP contribution in [0, 0.1) is 5.82 Å². The van der Waals surface area contributed by atoms with E-state index in [1.165, 1.54) is 12.1 Å². The van der Waals surface area contributed by atoms with Gasteiger partial charge >= 0.3 is 0 Å². The lowest BCUT2D eigenvalue weighted by Crippen LogP contribution is -2.34. The van der Waals surface area contributed by atoms with Crippen LogP contribution < -0.4 is 9.46 Å². The number of hydrogen-bond donors (Lipinski definition) is 1. The van der Waals surface area contributed by atoms with Crippen molar-refractivity contribution >= 4 is 10.0 Å². The van der Waals surface area contributed by atoms with Crippen LogP contribution in [0.2, 0.25) is 0 Å². The Kier molecular flexibility index (Phi) is 9.36. The number of aryl methyl sites for hydroxylation is 1. The van der Waals surface area contributed by atoms with Gasteiger partial charge in [0.1, 0.15) is 11.6 Å². The van der Waals surface area contributed by atoms with Gasteiger partial charge in [0.15, 0.2) is 11.6 Å². The molecule has 0 fully saturated rings. The molecule has 0 aliphatic heterocycles. The Morgan fingerprint density at radius 2 is 1.74 bits per heavy atom. The van der Waals surface area contributed by atoms with E-state index in [0.29, 0.717) is 31.0 Å². The van der Waals surface area contributed by atoms with Crippen molar-refractivity contribution in [1.29, 1.82) is 0 Å². The molecule has 0 saturated carbocycles. The average Bonchev–Trinajstić information content (AvgIpc) is 3.24. The Morgan fingerprint density at radius 1 is 1.09 bits per heavy atom. The van der Waals surface area contributed by atoms with E-state index >= 15 is 0 Å². The summed E-state index contributed by atoms with van der Waals surface area (Å²) < 4.78 is 49.0. The molecule has 3 aromatic rings. The quantitative estimate of drug-likeness (QED) is 0.384. The number of nitrogens with zero attached hydrogens (tertiary/aromatic N) is 4. The number of aromatic nitrogens is 3. The number of rotatable bonds is 13. The zero-order chi connectivity index (χ0) is 25.4. The molecule has 8 nitrogen and oxygen atoms in total. The van der Waals surface area contributed by atoms with Crippen molar-refractivity contribution in [2.45, 2.75) is 32.7 Å². The Labute approximate surface area is 207 Å². The Morgan fingerprint density at radius 3 is 2.34 bits per heavy atom. The molecule has 1 aromatic heterocycles. The van der Waals surface area contributed by atoms with Crippen LogP contribution in [0.4, 0.5) is 4.39 Å². The van der Waals surface area contributed by atoms with Crippen LogP contribution in [0.1, 0.15) is 37.7 Å². The third-order valence-corrected chi connectivity index (χ3v) is 7.37. The Bertz CT molecular complexity index is 1180. The van der Waals surface area contributed by atoms with Gasteiger partial charge in [-0.05, 0) is 74.4 Å². The second kappa shape index (κ2) is 12.2. The fourth-order valence-electron chi connectivity index (χ4n) is 3.88. The normalized spacial score (nSPS) is 12.7. The van der Waals surface area contributed by atoms with Crippen LogP contribution in [0.25, 0.3) is 11.4 Å². The standard InChI is InChI=1S/C25H34FN5O3S/c1-5-31(6-2)16-7-17-35(32,33)29-23(18-19-8-12-21(26)13-9-19)24-27-25(30(3)28-24)20-10-14-22(34-4)15-11-20/h8-15,23,29H,5-7,16-18H2,1-4H3/t23-/m0/s1. The first-order chi connectivity index (χ1) is 16.7. The van der Waals surface area contributed by atoms with Crippen molar-refractivity contribution in [3.63, 3.8) is 0 Å². The number of sulfonamides is 1. The average molecular weight is 504 g/mol. The first-order valence-electron chi connectivity index (χ1n) is 11.8. The SMILES string of the molecule is CCN(CC)CCCS(=O)(=O)N[C@@H](Cc1ccc(F)cc1)c1nc(-c2ccc(OC)cc2)n(C)n1. The van der Waals surface area contributed by atoms with Gasteiger partial charge in [0, 0.05) is 12.6 Å². The Balaban J connectivity index is 1.85. The molecular weight excluding hydrogens is 469 g/mol. The number of methoxy groups -OCH3 is 1. The van der Waals surface area contributed by atoms with E-state index in [4.69, 9.17) is 4.74 Å². The number of benzene rings is 2. The van der Waals surface area contributed by atoms with Crippen LogP contribution in [0.15, 0.2) is 48.5 Å². The first kappa shape index (κ1) is 26.8. The maximum atomic E-state index is 13.4. The van der Waals surface area contributed by atoms with Gasteiger partial charge in [-0.15, -0.1) is 0 Å². The summed E-state index contributed by atoms with van der Waals surface area (Å²) in [6.07, 6.45) is 0.814. The Hall–Kier alpha value is -2.82. The number of hydrogen-bond acceptors (Lipinski definition) is 6. The molecule has 35 heavy (non-hydrogen) atoms. The summed E-state index contributed by atoms with van der Waals surface area (Å²) in [5.41, 5.74) is 1.61. The molecule has 2 aromatic carbocycles. The highest BCUT2D eigenvalue weighted by atomic mass is 32.2. The predicted molar refractivity (Wildman–Crippen MR) is 135 cm³/mol. The van der Waals surface area contributed by atoms with E-state index in [2.05, 4.69) is 33.6 Å². The van der Waals surface area contributed by atoms with Crippen LogP contribution in [0.3, 0.4) is 0 Å². The van der Waals surface area contributed by atoms with E-state index in [0.717, 1.165) is 30.0 Å². The lowest BCUT2D eigenvalue weighted by Gasteiger charge is -2.19. The van der Waals surface area contributed by atoms with Crippen molar-refractivity contribution in [3.05, 3.63) is 65.7 Å². The van der Waals surface area contributed by atoms with Crippen molar-refractivity contribution in [2.24, 2.45) is 7.05 Å². The van der Waals surface area contributed by atoms with E-state index in [-0.39, 0.29) is 11.6 Å². The molecule has 1 atom stereocenters. The first-order valence-corrected chi connectivity index (χ1v) is 13.4. The van der Waals surface area contributed by atoms with Gasteiger partial charge in [0.05, 0.1) is 18.9 Å². The highest BCUT2D eigenvalue weighted by molar-refractivity contribution is 7.89. The molecule has 190 valence electrons. The molecule has 0 spiro atoms. The third kappa shape index (κ3) is 7.58. The van der Waals surface area contributed by atoms with Gasteiger partial charge < -0.3 is 9.64 Å². The summed E-state index contributed by atoms with van der Waals surface area (Å²) in [4.78, 5) is 6.86. The third-order valence-electron chi connectivity index (χ3n) is 5.90. The van der Waals surface area contributed by atoms with Crippen LogP contribution in [-0.2, 0) is 23.5 Å². The second-order valence-corrected chi connectivity index (χ2v) is 10.2. The highest BCUT2D eigenvalue weighted by Crippen LogP contribution is 2.24. The molecule has 1 heterocycles. The van der Waals surface area contributed by atoms with Crippen molar-refractivity contribution in [1.82, 2.24) is 24.4 Å². The molecule has 0 saturated heterocycles. The smallest absolute Gasteiger partial charge is 0.212 e. The molecule has 0 bridgehead atoms. The van der Waals surface area contributed by atoms with E-state index in [1.54, 1.807) is 31.0 Å². The molecule has 3 rings (SSSR count). The predicted octanol–water partition coefficient (Wildman–Crippen LogP) is 3.56. The summed E-state index contributed by atoms with van der Waals surface area (Å²) in [5.74, 6) is 1.34. The lowest BCUT2D eigenvalue weighted by atomic mass is 10.1. The highest BCUT2D eigenvalue weighted by Gasteiger charge is 2.25. The molecule has 1 N–H and O–H groups in total.